The topological polar surface area (TPSA) is 64.4 Å². The predicted octanol–water partition coefficient (Wildman–Crippen LogP) is 2.68. The van der Waals surface area contributed by atoms with Gasteiger partial charge in [0, 0.05) is 25.5 Å². The van der Waals surface area contributed by atoms with Gasteiger partial charge in [-0.1, -0.05) is 48.5 Å². The summed E-state index contributed by atoms with van der Waals surface area (Å²) in [5, 5.41) is 5.70. The Bertz CT molecular complexity index is 1050. The van der Waals surface area contributed by atoms with Crippen molar-refractivity contribution in [2.75, 3.05) is 13.1 Å². The van der Waals surface area contributed by atoms with Crippen molar-refractivity contribution in [3.63, 3.8) is 0 Å². The Kier molecular flexibility index (Phi) is 5.71. The van der Waals surface area contributed by atoms with E-state index in [2.05, 4.69) is 17.2 Å². The van der Waals surface area contributed by atoms with Gasteiger partial charge in [0.25, 0.3) is 5.56 Å². The first kappa shape index (κ1) is 19.3. The summed E-state index contributed by atoms with van der Waals surface area (Å²) in [5.74, 6) is 0.0443. The number of carbonyl (C=O) groups excluding carboxylic acids is 1. The number of likely N-dealkylation sites (tertiary alicyclic amines) is 1. The number of nitrogens with zero attached hydrogens (tertiary/aromatic N) is 3. The Morgan fingerprint density at radius 3 is 2.41 bits per heavy atom. The zero-order chi connectivity index (χ0) is 20.2. The molecule has 6 heteroatoms. The van der Waals surface area contributed by atoms with E-state index >= 15 is 0 Å². The van der Waals surface area contributed by atoms with E-state index in [1.165, 1.54) is 10.2 Å². The van der Waals surface area contributed by atoms with Crippen LogP contribution >= 0.6 is 0 Å². The van der Waals surface area contributed by atoms with E-state index in [4.69, 9.17) is 4.74 Å². The molecule has 1 amide bonds. The lowest BCUT2D eigenvalue weighted by molar-refractivity contribution is -0.133. The molecule has 150 valence electrons. The fraction of sp³-hybridized carbons (Fsp3) is 0.348. The average Bonchev–Trinajstić information content (AvgIpc) is 2.77. The highest BCUT2D eigenvalue weighted by atomic mass is 16.5. The van der Waals surface area contributed by atoms with Crippen molar-refractivity contribution in [3.05, 3.63) is 76.2 Å². The highest BCUT2D eigenvalue weighted by molar-refractivity contribution is 5.88. The van der Waals surface area contributed by atoms with Crippen LogP contribution in [-0.2, 0) is 29.6 Å². The first-order valence-corrected chi connectivity index (χ1v) is 10.00. The second kappa shape index (κ2) is 8.57. The minimum atomic E-state index is -0.145. The maximum atomic E-state index is 12.9. The van der Waals surface area contributed by atoms with Crippen LogP contribution in [0, 0.1) is 0 Å². The molecule has 1 saturated heterocycles. The number of rotatable bonds is 5. The van der Waals surface area contributed by atoms with Gasteiger partial charge in [0.2, 0.25) is 5.91 Å². The first-order valence-electron chi connectivity index (χ1n) is 10.00. The van der Waals surface area contributed by atoms with Gasteiger partial charge in [-0.3, -0.25) is 9.59 Å². The quantitative estimate of drug-likeness (QED) is 0.671. The summed E-state index contributed by atoms with van der Waals surface area (Å²) in [6.07, 6.45) is 2.04. The number of fused-ring (bicyclic) bond motifs is 1. The molecule has 1 aromatic heterocycles. The van der Waals surface area contributed by atoms with E-state index < -0.39 is 0 Å². The van der Waals surface area contributed by atoms with Crippen LogP contribution in [0.25, 0.3) is 10.8 Å². The zero-order valence-corrected chi connectivity index (χ0v) is 16.6. The molecule has 2 heterocycles. The Hall–Kier alpha value is -2.99. The van der Waals surface area contributed by atoms with Crippen molar-refractivity contribution in [2.45, 2.75) is 32.0 Å². The lowest BCUT2D eigenvalue weighted by atomic mass is 10.1. The van der Waals surface area contributed by atoms with Gasteiger partial charge in [-0.25, -0.2) is 4.68 Å². The van der Waals surface area contributed by atoms with E-state index in [0.29, 0.717) is 30.8 Å². The molecule has 0 atom stereocenters. The molecular formula is C23H25N3O3. The average molecular weight is 391 g/mol. The molecule has 0 saturated carbocycles. The van der Waals surface area contributed by atoms with E-state index in [0.717, 1.165) is 18.2 Å². The molecule has 0 unspecified atom stereocenters. The molecule has 29 heavy (non-hydrogen) atoms. The molecule has 1 fully saturated rings. The molecule has 0 aliphatic carbocycles. The summed E-state index contributed by atoms with van der Waals surface area (Å²) in [6.45, 7) is 1.97. The number of benzene rings is 2. The molecule has 2 aromatic carbocycles. The lowest BCUT2D eigenvalue weighted by Crippen LogP contribution is -2.41. The van der Waals surface area contributed by atoms with Crippen LogP contribution < -0.4 is 5.56 Å². The Labute approximate surface area is 169 Å². The molecule has 4 rings (SSSR count). The van der Waals surface area contributed by atoms with E-state index in [-0.39, 0.29) is 24.0 Å². The standard InChI is InChI=1S/C23H25N3O3/c1-25-23(28)20-10-6-5-9-19(20)21(24-25)15-22(27)26-13-11-18(12-14-26)29-16-17-7-3-2-4-8-17/h2-10,18H,11-16H2,1H3. The predicted molar refractivity (Wildman–Crippen MR) is 112 cm³/mol. The van der Waals surface area contributed by atoms with Crippen molar-refractivity contribution in [2.24, 2.45) is 7.05 Å². The van der Waals surface area contributed by atoms with Crippen molar-refractivity contribution in [1.82, 2.24) is 14.7 Å². The molecule has 6 nitrogen and oxygen atoms in total. The van der Waals surface area contributed by atoms with Gasteiger partial charge in [-0.05, 0) is 24.5 Å². The van der Waals surface area contributed by atoms with Gasteiger partial charge in [0.05, 0.1) is 30.2 Å². The van der Waals surface area contributed by atoms with Crippen LogP contribution in [0.5, 0.6) is 0 Å². The maximum absolute atomic E-state index is 12.9. The summed E-state index contributed by atoms with van der Waals surface area (Å²) >= 11 is 0. The smallest absolute Gasteiger partial charge is 0.274 e. The molecule has 3 aromatic rings. The lowest BCUT2D eigenvalue weighted by Gasteiger charge is -2.32. The van der Waals surface area contributed by atoms with Gasteiger partial charge < -0.3 is 9.64 Å². The van der Waals surface area contributed by atoms with E-state index in [9.17, 15) is 9.59 Å². The van der Waals surface area contributed by atoms with Crippen molar-refractivity contribution in [3.8, 4) is 0 Å². The summed E-state index contributed by atoms with van der Waals surface area (Å²) in [7, 11) is 1.62. The molecule has 0 spiro atoms. The van der Waals surface area contributed by atoms with Gasteiger partial charge in [-0.15, -0.1) is 0 Å². The highest BCUT2D eigenvalue weighted by Crippen LogP contribution is 2.18. The van der Waals surface area contributed by atoms with Gasteiger partial charge >= 0.3 is 0 Å². The summed E-state index contributed by atoms with van der Waals surface area (Å²) in [5.41, 5.74) is 1.67. The third-order valence-electron chi connectivity index (χ3n) is 5.47. The summed E-state index contributed by atoms with van der Waals surface area (Å²) < 4.78 is 7.33. The van der Waals surface area contributed by atoms with Crippen LogP contribution in [0.4, 0.5) is 0 Å². The number of carbonyl (C=O) groups is 1. The fourth-order valence-electron chi connectivity index (χ4n) is 3.82. The molecule has 1 aliphatic rings. The van der Waals surface area contributed by atoms with Gasteiger partial charge in [-0.2, -0.15) is 5.10 Å². The number of piperidine rings is 1. The molecular weight excluding hydrogens is 366 g/mol. The second-order valence-corrected chi connectivity index (χ2v) is 7.47. The third-order valence-corrected chi connectivity index (χ3v) is 5.47. The SMILES string of the molecule is Cn1nc(CC(=O)N2CCC(OCc3ccccc3)CC2)c2ccccc2c1=O. The normalized spacial score (nSPS) is 15.0. The van der Waals surface area contributed by atoms with Crippen LogP contribution in [0.15, 0.2) is 59.4 Å². The highest BCUT2D eigenvalue weighted by Gasteiger charge is 2.24. The van der Waals surface area contributed by atoms with Crippen molar-refractivity contribution < 1.29 is 9.53 Å². The van der Waals surface area contributed by atoms with Crippen molar-refractivity contribution >= 4 is 16.7 Å². The zero-order valence-electron chi connectivity index (χ0n) is 16.6. The van der Waals surface area contributed by atoms with Crippen LogP contribution in [-0.4, -0.2) is 39.8 Å². The minimum Gasteiger partial charge on any atom is -0.373 e. The number of amides is 1. The van der Waals surface area contributed by atoms with Gasteiger partial charge in [0.15, 0.2) is 0 Å². The van der Waals surface area contributed by atoms with Crippen LogP contribution in [0.3, 0.4) is 0 Å². The molecule has 0 bridgehead atoms. The Morgan fingerprint density at radius 2 is 1.69 bits per heavy atom. The number of aromatic nitrogens is 2. The first-order chi connectivity index (χ1) is 14.1. The van der Waals surface area contributed by atoms with Crippen LogP contribution in [0.1, 0.15) is 24.1 Å². The fourth-order valence-corrected chi connectivity index (χ4v) is 3.82. The second-order valence-electron chi connectivity index (χ2n) is 7.47. The number of hydrogen-bond donors (Lipinski definition) is 0. The monoisotopic (exact) mass is 391 g/mol. The summed E-state index contributed by atoms with van der Waals surface area (Å²) in [4.78, 5) is 27.0. The van der Waals surface area contributed by atoms with E-state index in [1.807, 2.05) is 41.3 Å². The van der Waals surface area contributed by atoms with Crippen LogP contribution in [0.2, 0.25) is 0 Å². The molecule has 1 aliphatic heterocycles. The maximum Gasteiger partial charge on any atom is 0.274 e. The number of hydrogen-bond acceptors (Lipinski definition) is 4. The largest absolute Gasteiger partial charge is 0.373 e. The molecule has 0 radical (unpaired) electrons. The summed E-state index contributed by atoms with van der Waals surface area (Å²) in [6, 6.07) is 17.5. The third kappa shape index (κ3) is 4.38. The Morgan fingerprint density at radius 1 is 1.03 bits per heavy atom. The molecule has 0 N–H and O–H groups in total. The number of ether oxygens (including phenoxy) is 1. The van der Waals surface area contributed by atoms with Crippen molar-refractivity contribution in [1.29, 1.82) is 0 Å². The minimum absolute atomic E-state index is 0.0443. The van der Waals surface area contributed by atoms with Gasteiger partial charge in [0.1, 0.15) is 0 Å². The Balaban J connectivity index is 1.36. The number of aryl methyl sites for hydroxylation is 1. The van der Waals surface area contributed by atoms with E-state index in [1.54, 1.807) is 13.1 Å².